The van der Waals surface area contributed by atoms with Crippen LogP contribution < -0.4 is 5.32 Å². The second-order valence-electron chi connectivity index (χ2n) is 7.16. The van der Waals surface area contributed by atoms with E-state index in [1.165, 1.54) is 18.5 Å². The molecule has 0 radical (unpaired) electrons. The largest absolute Gasteiger partial charge is 0.365 e. The number of hydrogen-bond acceptors (Lipinski definition) is 3. The molecule has 0 aliphatic rings. The zero-order chi connectivity index (χ0) is 21.2. The Morgan fingerprint density at radius 2 is 1.71 bits per heavy atom. The van der Waals surface area contributed by atoms with Gasteiger partial charge in [-0.05, 0) is 47.5 Å². The van der Waals surface area contributed by atoms with E-state index in [4.69, 9.17) is 11.6 Å². The first-order chi connectivity index (χ1) is 15.2. The van der Waals surface area contributed by atoms with Crippen molar-refractivity contribution in [2.75, 3.05) is 5.32 Å². The molecule has 0 fully saturated rings. The monoisotopic (exact) mass is 428 g/mol. The van der Waals surface area contributed by atoms with E-state index in [-0.39, 0.29) is 5.82 Å². The molecule has 2 heterocycles. The first kappa shape index (κ1) is 19.3. The van der Waals surface area contributed by atoms with Crippen molar-refractivity contribution in [2.24, 2.45) is 0 Å². The van der Waals surface area contributed by atoms with Gasteiger partial charge >= 0.3 is 0 Å². The average Bonchev–Trinajstić information content (AvgIpc) is 3.19. The number of aromatic nitrogens is 3. The topological polar surface area (TPSA) is 42.7 Å². The third-order valence-corrected chi connectivity index (χ3v) is 5.36. The Morgan fingerprint density at radius 3 is 2.48 bits per heavy atom. The molecule has 3 aromatic carbocycles. The third-order valence-electron chi connectivity index (χ3n) is 5.12. The van der Waals surface area contributed by atoms with E-state index < -0.39 is 0 Å². The fourth-order valence-corrected chi connectivity index (χ4v) is 3.88. The predicted molar refractivity (Wildman–Crippen MR) is 123 cm³/mol. The summed E-state index contributed by atoms with van der Waals surface area (Å²) in [5.74, 6) is 0.451. The van der Waals surface area contributed by atoms with Crippen molar-refractivity contribution in [2.45, 2.75) is 6.54 Å². The smallest absolute Gasteiger partial charge is 0.150 e. The van der Waals surface area contributed by atoms with Gasteiger partial charge in [-0.15, -0.1) is 0 Å². The van der Waals surface area contributed by atoms with Crippen LogP contribution in [0.1, 0.15) is 5.56 Å². The Balaban J connectivity index is 1.65. The highest BCUT2D eigenvalue weighted by molar-refractivity contribution is 6.30. The molecule has 0 bridgehead atoms. The van der Waals surface area contributed by atoms with E-state index in [2.05, 4.69) is 27.4 Å². The third kappa shape index (κ3) is 3.88. The molecule has 0 spiro atoms. The second kappa shape index (κ2) is 8.20. The summed E-state index contributed by atoms with van der Waals surface area (Å²) in [5, 5.41) is 5.03. The Hall–Kier alpha value is -3.70. The highest BCUT2D eigenvalue weighted by atomic mass is 35.5. The fourth-order valence-electron chi connectivity index (χ4n) is 3.66. The summed E-state index contributed by atoms with van der Waals surface area (Å²) in [6, 6.07) is 24.2. The highest BCUT2D eigenvalue weighted by Crippen LogP contribution is 2.35. The molecule has 5 aromatic rings. The van der Waals surface area contributed by atoms with Gasteiger partial charge < -0.3 is 9.88 Å². The van der Waals surface area contributed by atoms with Crippen molar-refractivity contribution in [3.63, 3.8) is 0 Å². The molecule has 1 N–H and O–H groups in total. The van der Waals surface area contributed by atoms with Crippen molar-refractivity contribution in [3.8, 4) is 16.8 Å². The number of benzene rings is 3. The standard InChI is InChI=1S/C25H18ClFN4/c26-19-8-4-5-17(13-19)14-28-24-23-22(18-6-2-1-3-7-18)15-31(25(23)30-16-29-24)21-11-9-20(27)10-12-21/h1-13,15-16H,14H2,(H,28,29,30). The van der Waals surface area contributed by atoms with E-state index in [1.807, 2.05) is 53.2 Å². The maximum Gasteiger partial charge on any atom is 0.150 e. The molecule has 0 amide bonds. The molecule has 0 saturated heterocycles. The van der Waals surface area contributed by atoms with Crippen LogP contribution in [0.2, 0.25) is 5.02 Å². The van der Waals surface area contributed by atoms with Gasteiger partial charge in [-0.25, -0.2) is 14.4 Å². The zero-order valence-electron chi connectivity index (χ0n) is 16.5. The van der Waals surface area contributed by atoms with Crippen molar-refractivity contribution >= 4 is 28.5 Å². The Kier molecular flexibility index (Phi) is 5.10. The van der Waals surface area contributed by atoms with Crippen LogP contribution in [0.25, 0.3) is 27.8 Å². The van der Waals surface area contributed by atoms with Gasteiger partial charge in [0.1, 0.15) is 18.0 Å². The molecule has 2 aromatic heterocycles. The summed E-state index contributed by atoms with van der Waals surface area (Å²) < 4.78 is 15.4. The number of rotatable bonds is 5. The molecule has 6 heteroatoms. The molecule has 0 unspecified atom stereocenters. The van der Waals surface area contributed by atoms with Crippen molar-refractivity contribution in [1.29, 1.82) is 0 Å². The van der Waals surface area contributed by atoms with E-state index >= 15 is 0 Å². The quantitative estimate of drug-likeness (QED) is 0.348. The SMILES string of the molecule is Fc1ccc(-n2cc(-c3ccccc3)c3c(NCc4cccc(Cl)c4)ncnc32)cc1. The number of hydrogen-bond donors (Lipinski definition) is 1. The Labute approximate surface area is 184 Å². The first-order valence-corrected chi connectivity index (χ1v) is 10.2. The minimum atomic E-state index is -0.276. The van der Waals surface area contributed by atoms with Crippen molar-refractivity contribution in [3.05, 3.63) is 108 Å². The number of halogens is 2. The second-order valence-corrected chi connectivity index (χ2v) is 7.60. The number of anilines is 1. The molecule has 152 valence electrons. The molecule has 5 rings (SSSR count). The first-order valence-electron chi connectivity index (χ1n) is 9.85. The van der Waals surface area contributed by atoms with E-state index in [1.54, 1.807) is 12.1 Å². The number of nitrogens with zero attached hydrogens (tertiary/aromatic N) is 3. The van der Waals surface area contributed by atoms with Crippen molar-refractivity contribution in [1.82, 2.24) is 14.5 Å². The maximum absolute atomic E-state index is 13.5. The summed E-state index contributed by atoms with van der Waals surface area (Å²) in [5.41, 5.74) is 4.67. The molecule has 0 atom stereocenters. The van der Waals surface area contributed by atoms with E-state index in [0.717, 1.165) is 39.2 Å². The summed E-state index contributed by atoms with van der Waals surface area (Å²) in [6.07, 6.45) is 3.56. The summed E-state index contributed by atoms with van der Waals surface area (Å²) in [7, 11) is 0. The van der Waals surface area contributed by atoms with Crippen LogP contribution in [0.4, 0.5) is 10.2 Å². The normalized spacial score (nSPS) is 11.0. The van der Waals surface area contributed by atoms with Gasteiger partial charge in [0.15, 0.2) is 5.65 Å². The van der Waals surface area contributed by atoms with Crippen molar-refractivity contribution < 1.29 is 4.39 Å². The predicted octanol–water partition coefficient (Wildman–Crippen LogP) is 6.49. The number of fused-ring (bicyclic) bond motifs is 1. The van der Waals surface area contributed by atoms with Gasteiger partial charge in [-0.3, -0.25) is 0 Å². The lowest BCUT2D eigenvalue weighted by atomic mass is 10.1. The molecular formula is C25H18ClFN4. The molecule has 0 aliphatic carbocycles. The van der Waals surface area contributed by atoms with Gasteiger partial charge in [0.25, 0.3) is 0 Å². The lowest BCUT2D eigenvalue weighted by molar-refractivity contribution is 0.627. The van der Waals surface area contributed by atoms with Gasteiger partial charge in [-0.1, -0.05) is 54.1 Å². The van der Waals surface area contributed by atoms with Crippen LogP contribution >= 0.6 is 11.6 Å². The molecule has 0 saturated carbocycles. The molecule has 31 heavy (non-hydrogen) atoms. The van der Waals surface area contributed by atoms with Crippen LogP contribution in [0, 0.1) is 5.82 Å². The zero-order valence-corrected chi connectivity index (χ0v) is 17.2. The molecule has 4 nitrogen and oxygen atoms in total. The van der Waals surface area contributed by atoms with Gasteiger partial charge in [0, 0.05) is 29.0 Å². The Bertz CT molecular complexity index is 1350. The van der Waals surface area contributed by atoms with Crippen LogP contribution in [-0.2, 0) is 6.54 Å². The summed E-state index contributed by atoms with van der Waals surface area (Å²) >= 11 is 6.13. The van der Waals surface area contributed by atoms with Crippen LogP contribution in [0.5, 0.6) is 0 Å². The Morgan fingerprint density at radius 1 is 0.903 bits per heavy atom. The maximum atomic E-state index is 13.5. The van der Waals surface area contributed by atoms with E-state index in [9.17, 15) is 4.39 Å². The van der Waals surface area contributed by atoms with Gasteiger partial charge in [0.05, 0.1) is 5.39 Å². The minimum Gasteiger partial charge on any atom is -0.365 e. The summed E-state index contributed by atoms with van der Waals surface area (Å²) in [6.45, 7) is 0.572. The van der Waals surface area contributed by atoms with Crippen LogP contribution in [0.15, 0.2) is 91.4 Å². The highest BCUT2D eigenvalue weighted by Gasteiger charge is 2.17. The van der Waals surface area contributed by atoms with E-state index in [0.29, 0.717) is 11.6 Å². The number of nitrogens with one attached hydrogen (secondary N) is 1. The van der Waals surface area contributed by atoms with Gasteiger partial charge in [0.2, 0.25) is 0 Å². The lowest BCUT2D eigenvalue weighted by Gasteiger charge is -2.09. The minimum absolute atomic E-state index is 0.276. The summed E-state index contributed by atoms with van der Waals surface area (Å²) in [4.78, 5) is 9.08. The molecule has 0 aliphatic heterocycles. The lowest BCUT2D eigenvalue weighted by Crippen LogP contribution is -2.03. The van der Waals surface area contributed by atoms with Crippen LogP contribution in [-0.4, -0.2) is 14.5 Å². The van der Waals surface area contributed by atoms with Gasteiger partial charge in [-0.2, -0.15) is 0 Å². The average molecular weight is 429 g/mol. The van der Waals surface area contributed by atoms with Crippen LogP contribution in [0.3, 0.4) is 0 Å². The molecular weight excluding hydrogens is 411 g/mol. The fraction of sp³-hybridized carbons (Fsp3) is 0.0400.